The molecule has 1 unspecified atom stereocenters. The van der Waals surface area contributed by atoms with Gasteiger partial charge < -0.3 is 14.3 Å². The van der Waals surface area contributed by atoms with Gasteiger partial charge in [-0.2, -0.15) is 0 Å². The monoisotopic (exact) mass is 353 g/mol. The Labute approximate surface area is 147 Å². The number of aliphatic carboxylic acids is 1. The molecule has 7 heteroatoms. The number of carboxylic acids is 1. The van der Waals surface area contributed by atoms with Crippen LogP contribution in [0.4, 0.5) is 0 Å². The van der Waals surface area contributed by atoms with E-state index in [-0.39, 0.29) is 11.1 Å². The van der Waals surface area contributed by atoms with Crippen molar-refractivity contribution in [2.75, 3.05) is 6.61 Å². The molecule has 1 N–H and O–H groups in total. The van der Waals surface area contributed by atoms with Gasteiger partial charge in [0.15, 0.2) is 17.3 Å². The van der Waals surface area contributed by atoms with Crippen molar-refractivity contribution in [1.82, 2.24) is 4.98 Å². The van der Waals surface area contributed by atoms with Crippen LogP contribution in [0.1, 0.15) is 28.9 Å². The first-order chi connectivity index (χ1) is 12.5. The zero-order valence-electron chi connectivity index (χ0n) is 13.8. The summed E-state index contributed by atoms with van der Waals surface area (Å²) in [6.07, 6.45) is 0. The number of hydrogen-bond acceptors (Lipinski definition) is 6. The smallest absolute Gasteiger partial charge is 0.359 e. The highest BCUT2D eigenvalue weighted by molar-refractivity contribution is 6.12. The van der Waals surface area contributed by atoms with E-state index in [9.17, 15) is 19.5 Å². The number of para-hydroxylation sites is 2. The molecule has 7 nitrogen and oxygen atoms in total. The summed E-state index contributed by atoms with van der Waals surface area (Å²) in [6.45, 7) is 2.29. The van der Waals surface area contributed by atoms with Gasteiger partial charge in [-0.25, -0.2) is 9.78 Å². The zero-order chi connectivity index (χ0) is 18.7. The highest BCUT2D eigenvalue weighted by Crippen LogP contribution is 2.22. The first-order valence-corrected chi connectivity index (χ1v) is 7.91. The lowest BCUT2D eigenvalue weighted by Gasteiger charge is -2.11. The molecule has 0 bridgehead atoms. The number of ether oxygens (including phenoxy) is 1. The van der Waals surface area contributed by atoms with Crippen molar-refractivity contribution in [1.29, 1.82) is 0 Å². The lowest BCUT2D eigenvalue weighted by Crippen LogP contribution is -2.28. The van der Waals surface area contributed by atoms with Crippen LogP contribution in [0.15, 0.2) is 57.7 Å². The van der Waals surface area contributed by atoms with E-state index in [4.69, 9.17) is 9.15 Å². The van der Waals surface area contributed by atoms with Crippen LogP contribution in [0.25, 0.3) is 11.1 Å². The van der Waals surface area contributed by atoms with E-state index in [2.05, 4.69) is 4.98 Å². The molecule has 0 saturated heterocycles. The Kier molecular flexibility index (Phi) is 4.79. The number of hydrogen-bond donors (Lipinski definition) is 1. The topological polar surface area (TPSA) is 107 Å². The second-order valence-electron chi connectivity index (χ2n) is 5.45. The largest absolute Gasteiger partial charge is 0.494 e. The van der Waals surface area contributed by atoms with E-state index in [1.807, 2.05) is 6.92 Å². The van der Waals surface area contributed by atoms with Crippen molar-refractivity contribution >= 4 is 22.9 Å². The molecule has 132 valence electrons. The number of rotatable bonds is 6. The van der Waals surface area contributed by atoms with Gasteiger partial charge in [-0.05, 0) is 43.3 Å². The molecule has 0 aliphatic heterocycles. The second-order valence-corrected chi connectivity index (χ2v) is 5.45. The summed E-state index contributed by atoms with van der Waals surface area (Å²) < 4.78 is 10.4. The Hall–Kier alpha value is -3.48. The number of aromatic nitrogens is 1. The fraction of sp³-hybridized carbons (Fsp3) is 0.158. The van der Waals surface area contributed by atoms with Crippen molar-refractivity contribution < 1.29 is 23.8 Å². The molecule has 0 aliphatic carbocycles. The molecule has 0 saturated carbocycles. The molecule has 3 aromatic rings. The Bertz CT molecular complexity index is 1020. The van der Waals surface area contributed by atoms with Crippen LogP contribution in [0.3, 0.4) is 0 Å². The summed E-state index contributed by atoms with van der Waals surface area (Å²) >= 11 is 0. The molecule has 1 heterocycles. The van der Waals surface area contributed by atoms with Gasteiger partial charge in [0.1, 0.15) is 17.0 Å². The third-order valence-corrected chi connectivity index (χ3v) is 3.75. The number of fused-ring (bicyclic) bond motifs is 1. The van der Waals surface area contributed by atoms with Gasteiger partial charge in [0, 0.05) is 5.56 Å². The van der Waals surface area contributed by atoms with E-state index in [0.717, 1.165) is 0 Å². The summed E-state index contributed by atoms with van der Waals surface area (Å²) in [6, 6.07) is 12.5. The number of carbonyl (C=O) groups excluding carboxylic acids is 1. The molecular weight excluding hydrogens is 338 g/mol. The van der Waals surface area contributed by atoms with Gasteiger partial charge in [0.2, 0.25) is 0 Å². The predicted octanol–water partition coefficient (Wildman–Crippen LogP) is 2.64. The highest BCUT2D eigenvalue weighted by atomic mass is 16.5. The summed E-state index contributed by atoms with van der Waals surface area (Å²) in [4.78, 5) is 40.7. The average Bonchev–Trinajstić information content (AvgIpc) is 2.63. The van der Waals surface area contributed by atoms with Gasteiger partial charge in [-0.1, -0.05) is 12.1 Å². The first-order valence-electron chi connectivity index (χ1n) is 7.91. The Balaban J connectivity index is 2.04. The van der Waals surface area contributed by atoms with Crippen LogP contribution in [0.2, 0.25) is 0 Å². The quantitative estimate of drug-likeness (QED) is 0.536. The molecule has 26 heavy (non-hydrogen) atoms. The Morgan fingerprint density at radius 2 is 1.85 bits per heavy atom. The van der Waals surface area contributed by atoms with Crippen molar-refractivity contribution in [2.45, 2.75) is 12.8 Å². The van der Waals surface area contributed by atoms with Crippen molar-refractivity contribution in [2.24, 2.45) is 0 Å². The number of carbonyl (C=O) groups is 2. The summed E-state index contributed by atoms with van der Waals surface area (Å²) in [5.74, 6) is -3.43. The SMILES string of the molecule is CCOc1ccc(C(=O)C(C(=O)O)c2nc3ccccc3oc2=O)cc1. The Morgan fingerprint density at radius 1 is 1.15 bits per heavy atom. The van der Waals surface area contributed by atoms with E-state index in [0.29, 0.717) is 17.9 Å². The van der Waals surface area contributed by atoms with Crippen LogP contribution in [0.5, 0.6) is 5.75 Å². The normalized spacial score (nSPS) is 11.9. The highest BCUT2D eigenvalue weighted by Gasteiger charge is 2.34. The maximum Gasteiger partial charge on any atom is 0.359 e. The minimum atomic E-state index is -1.76. The lowest BCUT2D eigenvalue weighted by atomic mass is 9.94. The van der Waals surface area contributed by atoms with Crippen molar-refractivity contribution in [3.63, 3.8) is 0 Å². The third-order valence-electron chi connectivity index (χ3n) is 3.75. The summed E-state index contributed by atoms with van der Waals surface area (Å²) in [7, 11) is 0. The molecule has 1 atom stereocenters. The van der Waals surface area contributed by atoms with E-state index >= 15 is 0 Å². The predicted molar refractivity (Wildman–Crippen MR) is 92.6 cm³/mol. The molecule has 0 fully saturated rings. The second kappa shape index (κ2) is 7.18. The van der Waals surface area contributed by atoms with E-state index < -0.39 is 29.0 Å². The number of benzene rings is 2. The first kappa shape index (κ1) is 17.3. The summed E-state index contributed by atoms with van der Waals surface area (Å²) in [5.41, 5.74) is -0.743. The molecule has 1 aromatic heterocycles. The fourth-order valence-corrected chi connectivity index (χ4v) is 2.55. The average molecular weight is 353 g/mol. The molecule has 2 aromatic carbocycles. The van der Waals surface area contributed by atoms with Crippen LogP contribution in [-0.4, -0.2) is 28.4 Å². The number of Topliss-reactive ketones (excluding diaryl/α,β-unsaturated/α-hetero) is 1. The van der Waals surface area contributed by atoms with Gasteiger partial charge >= 0.3 is 11.6 Å². The van der Waals surface area contributed by atoms with E-state index in [1.54, 1.807) is 30.3 Å². The van der Waals surface area contributed by atoms with Gasteiger partial charge in [-0.15, -0.1) is 0 Å². The zero-order valence-corrected chi connectivity index (χ0v) is 13.8. The van der Waals surface area contributed by atoms with Gasteiger partial charge in [0.05, 0.1) is 6.61 Å². The molecule has 0 aliphatic rings. The van der Waals surface area contributed by atoms with Crippen LogP contribution in [0, 0.1) is 0 Å². The van der Waals surface area contributed by atoms with Crippen LogP contribution < -0.4 is 10.4 Å². The molecule has 3 rings (SSSR count). The van der Waals surface area contributed by atoms with Crippen LogP contribution in [-0.2, 0) is 4.79 Å². The third kappa shape index (κ3) is 3.32. The standard InChI is InChI=1S/C19H15NO6/c1-2-25-12-9-7-11(8-10-12)17(21)15(18(22)23)16-19(24)26-14-6-4-3-5-13(14)20-16/h3-10,15H,2H2,1H3,(H,22,23). The van der Waals surface area contributed by atoms with Gasteiger partial charge in [0.25, 0.3) is 0 Å². The molecule has 0 spiro atoms. The molecule has 0 radical (unpaired) electrons. The molecule has 0 amide bonds. The molecular formula is C19H15NO6. The fourth-order valence-electron chi connectivity index (χ4n) is 2.55. The Morgan fingerprint density at radius 3 is 2.50 bits per heavy atom. The minimum absolute atomic E-state index is 0.134. The summed E-state index contributed by atoms with van der Waals surface area (Å²) in [5, 5.41) is 9.53. The van der Waals surface area contributed by atoms with Crippen molar-refractivity contribution in [3.05, 3.63) is 70.2 Å². The van der Waals surface area contributed by atoms with E-state index in [1.165, 1.54) is 18.2 Å². The van der Waals surface area contributed by atoms with Crippen LogP contribution >= 0.6 is 0 Å². The van der Waals surface area contributed by atoms with Crippen molar-refractivity contribution in [3.8, 4) is 5.75 Å². The maximum absolute atomic E-state index is 12.7. The lowest BCUT2D eigenvalue weighted by molar-refractivity contribution is -0.137. The van der Waals surface area contributed by atoms with Gasteiger partial charge in [-0.3, -0.25) is 9.59 Å². The maximum atomic E-state index is 12.7. The number of ketones is 1. The number of carboxylic acid groups (broad SMARTS) is 1. The number of nitrogens with zero attached hydrogens (tertiary/aromatic N) is 1. The minimum Gasteiger partial charge on any atom is -0.494 e.